The van der Waals surface area contributed by atoms with Gasteiger partial charge in [0.2, 0.25) is 0 Å². The number of anilines is 1. The van der Waals surface area contributed by atoms with E-state index in [2.05, 4.69) is 4.90 Å². The first-order valence-electron chi connectivity index (χ1n) is 11.2. The Hall–Kier alpha value is -2.27. The smallest absolute Gasteiger partial charge is 0.267 e. The van der Waals surface area contributed by atoms with Gasteiger partial charge in [0.05, 0.1) is 23.7 Å². The Kier molecular flexibility index (Phi) is 6.02. The van der Waals surface area contributed by atoms with E-state index in [0.717, 1.165) is 6.42 Å². The standard InChI is InChI=1S/C23H26N4O4S2/c1-3-15(2)27-21(29)17(33-22(27)32)14-16-19(24-18-6-4-5-9-26(18)20(16)28)25-10-7-23(8-11-25)30-12-13-31-23/h4-6,9,14-15H,3,7-8,10-13H2,1-2H3. The molecule has 0 bridgehead atoms. The normalized spacial score (nSPS) is 22.8. The van der Waals surface area contributed by atoms with Gasteiger partial charge in [0.15, 0.2) is 5.79 Å². The highest BCUT2D eigenvalue weighted by Gasteiger charge is 2.41. The van der Waals surface area contributed by atoms with Crippen LogP contribution < -0.4 is 10.5 Å². The molecule has 1 atom stereocenters. The SMILES string of the molecule is CCC(C)N1C(=O)C(=Cc2c(N3CCC4(CC3)OCCO4)nc3ccccn3c2=O)SC1=S. The molecule has 5 heterocycles. The molecule has 0 radical (unpaired) electrons. The van der Waals surface area contributed by atoms with Crippen LogP contribution in [0.1, 0.15) is 38.7 Å². The van der Waals surface area contributed by atoms with E-state index in [-0.39, 0.29) is 17.5 Å². The summed E-state index contributed by atoms with van der Waals surface area (Å²) in [5.74, 6) is -0.109. The van der Waals surface area contributed by atoms with Crippen molar-refractivity contribution in [3.8, 4) is 0 Å². The van der Waals surface area contributed by atoms with E-state index in [4.69, 9.17) is 26.7 Å². The number of hydrogen-bond acceptors (Lipinski definition) is 8. The van der Waals surface area contributed by atoms with E-state index in [9.17, 15) is 9.59 Å². The number of thiocarbonyl (C=S) groups is 1. The molecule has 1 spiro atoms. The number of fused-ring (bicyclic) bond motifs is 1. The van der Waals surface area contributed by atoms with Gasteiger partial charge in [-0.1, -0.05) is 37.0 Å². The average Bonchev–Trinajstić information content (AvgIpc) is 3.39. The van der Waals surface area contributed by atoms with E-state index in [1.165, 1.54) is 16.2 Å². The highest BCUT2D eigenvalue weighted by Crippen LogP contribution is 2.37. The number of carbonyl (C=O) groups excluding carboxylic acids is 1. The van der Waals surface area contributed by atoms with Gasteiger partial charge in [-0.2, -0.15) is 0 Å². The Morgan fingerprint density at radius 1 is 1.24 bits per heavy atom. The Morgan fingerprint density at radius 2 is 1.97 bits per heavy atom. The first-order valence-corrected chi connectivity index (χ1v) is 12.5. The van der Waals surface area contributed by atoms with Crippen LogP contribution in [0.3, 0.4) is 0 Å². The lowest BCUT2D eigenvalue weighted by atomic mass is 10.0. The van der Waals surface area contributed by atoms with Crippen molar-refractivity contribution < 1.29 is 14.3 Å². The van der Waals surface area contributed by atoms with Crippen LogP contribution in [0.4, 0.5) is 5.82 Å². The number of ether oxygens (including phenoxy) is 2. The van der Waals surface area contributed by atoms with Crippen molar-refractivity contribution in [2.45, 2.75) is 44.9 Å². The van der Waals surface area contributed by atoms with Crippen LogP contribution in [0.2, 0.25) is 0 Å². The summed E-state index contributed by atoms with van der Waals surface area (Å²) in [6.07, 6.45) is 5.54. The van der Waals surface area contributed by atoms with E-state index >= 15 is 0 Å². The highest BCUT2D eigenvalue weighted by atomic mass is 32.2. The molecule has 0 aromatic carbocycles. The molecule has 3 aliphatic heterocycles. The zero-order chi connectivity index (χ0) is 23.2. The number of aromatic nitrogens is 2. The van der Waals surface area contributed by atoms with E-state index in [1.807, 2.05) is 26.0 Å². The summed E-state index contributed by atoms with van der Waals surface area (Å²) in [6, 6.07) is 5.46. The molecule has 0 saturated carbocycles. The minimum absolute atomic E-state index is 0.00314. The van der Waals surface area contributed by atoms with E-state index in [0.29, 0.717) is 65.4 Å². The molecule has 1 unspecified atom stereocenters. The lowest BCUT2D eigenvalue weighted by Crippen LogP contribution is -2.46. The van der Waals surface area contributed by atoms with Crippen LogP contribution in [0, 0.1) is 0 Å². The molecule has 3 fully saturated rings. The maximum absolute atomic E-state index is 13.5. The fourth-order valence-electron chi connectivity index (χ4n) is 4.48. The first kappa shape index (κ1) is 22.5. The third kappa shape index (κ3) is 3.99. The van der Waals surface area contributed by atoms with E-state index < -0.39 is 5.79 Å². The second-order valence-electron chi connectivity index (χ2n) is 8.49. The first-order chi connectivity index (χ1) is 15.9. The maximum Gasteiger partial charge on any atom is 0.267 e. The van der Waals surface area contributed by atoms with E-state index in [1.54, 1.807) is 23.2 Å². The van der Waals surface area contributed by atoms with Gasteiger partial charge in [0, 0.05) is 38.2 Å². The molecule has 8 nitrogen and oxygen atoms in total. The summed E-state index contributed by atoms with van der Waals surface area (Å²) in [5, 5.41) is 0. The largest absolute Gasteiger partial charge is 0.355 e. The lowest BCUT2D eigenvalue weighted by Gasteiger charge is -2.38. The second-order valence-corrected chi connectivity index (χ2v) is 10.2. The van der Waals surface area contributed by atoms with Gasteiger partial charge >= 0.3 is 0 Å². The van der Waals surface area contributed by atoms with Gasteiger partial charge in [0.25, 0.3) is 11.5 Å². The highest BCUT2D eigenvalue weighted by molar-refractivity contribution is 8.26. The van der Waals surface area contributed by atoms with Gasteiger partial charge in [-0.05, 0) is 31.6 Å². The van der Waals surface area contributed by atoms with Crippen LogP contribution in [-0.4, -0.2) is 62.6 Å². The third-order valence-electron chi connectivity index (χ3n) is 6.52. The molecule has 33 heavy (non-hydrogen) atoms. The maximum atomic E-state index is 13.5. The van der Waals surface area contributed by atoms with Gasteiger partial charge in [0.1, 0.15) is 15.8 Å². The summed E-state index contributed by atoms with van der Waals surface area (Å²) in [4.78, 5) is 35.7. The quantitative estimate of drug-likeness (QED) is 0.482. The molecule has 3 saturated heterocycles. The van der Waals surface area contributed by atoms with Crippen molar-refractivity contribution in [3.05, 3.63) is 45.2 Å². The van der Waals surface area contributed by atoms with Gasteiger partial charge < -0.3 is 14.4 Å². The van der Waals surface area contributed by atoms with Crippen molar-refractivity contribution in [1.82, 2.24) is 14.3 Å². The Balaban J connectivity index is 1.56. The van der Waals surface area contributed by atoms with Crippen molar-refractivity contribution >= 4 is 51.7 Å². The predicted molar refractivity (Wildman–Crippen MR) is 132 cm³/mol. The topological polar surface area (TPSA) is 76.4 Å². The summed E-state index contributed by atoms with van der Waals surface area (Å²) < 4.78 is 13.7. The predicted octanol–water partition coefficient (Wildman–Crippen LogP) is 3.04. The van der Waals surface area contributed by atoms with Crippen LogP contribution in [0.25, 0.3) is 11.7 Å². The summed E-state index contributed by atoms with van der Waals surface area (Å²) in [7, 11) is 0. The lowest BCUT2D eigenvalue weighted by molar-refractivity contribution is -0.169. The van der Waals surface area contributed by atoms with Crippen LogP contribution in [0.15, 0.2) is 34.1 Å². The monoisotopic (exact) mass is 486 g/mol. The molecular weight excluding hydrogens is 460 g/mol. The number of hydrogen-bond donors (Lipinski definition) is 0. The van der Waals surface area contributed by atoms with Crippen LogP contribution in [-0.2, 0) is 14.3 Å². The number of pyridine rings is 1. The summed E-state index contributed by atoms with van der Waals surface area (Å²) >= 11 is 6.71. The number of rotatable bonds is 4. The molecule has 2 aromatic rings. The summed E-state index contributed by atoms with van der Waals surface area (Å²) in [6.45, 7) is 6.50. The summed E-state index contributed by atoms with van der Waals surface area (Å²) in [5.41, 5.74) is 0.751. The second kappa shape index (κ2) is 8.83. The average molecular weight is 487 g/mol. The zero-order valence-electron chi connectivity index (χ0n) is 18.7. The molecule has 2 aromatic heterocycles. The zero-order valence-corrected chi connectivity index (χ0v) is 20.3. The molecular formula is C23H26N4O4S2. The Morgan fingerprint density at radius 3 is 2.67 bits per heavy atom. The number of nitrogens with zero attached hydrogens (tertiary/aromatic N) is 4. The minimum atomic E-state index is -0.527. The van der Waals surface area contributed by atoms with Crippen molar-refractivity contribution in [2.75, 3.05) is 31.2 Å². The van der Waals surface area contributed by atoms with Gasteiger partial charge in [-0.25, -0.2) is 4.98 Å². The number of carbonyl (C=O) groups is 1. The Labute approximate surface area is 201 Å². The number of piperidine rings is 1. The van der Waals surface area contributed by atoms with Crippen molar-refractivity contribution in [2.24, 2.45) is 0 Å². The number of thioether (sulfide) groups is 1. The molecule has 5 rings (SSSR count). The van der Waals surface area contributed by atoms with Crippen LogP contribution in [0.5, 0.6) is 0 Å². The number of amides is 1. The molecule has 0 aliphatic carbocycles. The molecule has 174 valence electrons. The third-order valence-corrected chi connectivity index (χ3v) is 7.85. The van der Waals surface area contributed by atoms with Gasteiger partial charge in [-0.15, -0.1) is 0 Å². The fourth-order valence-corrected chi connectivity index (χ4v) is 5.92. The van der Waals surface area contributed by atoms with Gasteiger partial charge in [-0.3, -0.25) is 18.9 Å². The molecule has 3 aliphatic rings. The van der Waals surface area contributed by atoms with Crippen molar-refractivity contribution in [1.29, 1.82) is 0 Å². The molecule has 0 N–H and O–H groups in total. The molecule has 10 heteroatoms. The fraction of sp³-hybridized carbons (Fsp3) is 0.478. The Bertz CT molecular complexity index is 1190. The van der Waals surface area contributed by atoms with Crippen LogP contribution >= 0.6 is 24.0 Å². The minimum Gasteiger partial charge on any atom is -0.355 e. The van der Waals surface area contributed by atoms with Crippen molar-refractivity contribution in [3.63, 3.8) is 0 Å². The molecule has 1 amide bonds.